The fourth-order valence-electron chi connectivity index (χ4n) is 3.12. The quantitative estimate of drug-likeness (QED) is 0.357. The summed E-state index contributed by atoms with van der Waals surface area (Å²) < 4.78 is 7.19. The Balaban J connectivity index is 2.15. The van der Waals surface area contributed by atoms with Gasteiger partial charge in [0.1, 0.15) is 5.75 Å². The first kappa shape index (κ1) is 13.0. The third-order valence-electron chi connectivity index (χ3n) is 4.16. The summed E-state index contributed by atoms with van der Waals surface area (Å²) in [5.74, 6) is 1.15. The Labute approximate surface area is 127 Å². The highest BCUT2D eigenvalue weighted by molar-refractivity contribution is 14.1. The Morgan fingerprint density at radius 1 is 1.39 bits per heavy atom. The molecule has 1 aromatic carbocycles. The van der Waals surface area contributed by atoms with Crippen molar-refractivity contribution in [3.63, 3.8) is 0 Å². The van der Waals surface area contributed by atoms with Crippen LogP contribution in [0.1, 0.15) is 48.8 Å². The van der Waals surface area contributed by atoms with Gasteiger partial charge < -0.3 is 4.74 Å². The summed E-state index contributed by atoms with van der Waals surface area (Å²) in [5, 5.41) is 0.124. The smallest absolute Gasteiger partial charge is 0.126 e. The van der Waals surface area contributed by atoms with Crippen molar-refractivity contribution in [1.29, 1.82) is 0 Å². The predicted octanol–water partition coefficient (Wildman–Crippen LogP) is 4.87. The zero-order valence-corrected chi connectivity index (χ0v) is 13.8. The van der Waals surface area contributed by atoms with Crippen LogP contribution in [0.25, 0.3) is 0 Å². The van der Waals surface area contributed by atoms with E-state index in [0.717, 1.165) is 31.6 Å². The van der Waals surface area contributed by atoms with Crippen molar-refractivity contribution >= 4 is 34.2 Å². The highest BCUT2D eigenvalue weighted by Gasteiger charge is 2.33. The molecular formula is C15H18ClIO. The molecule has 1 heterocycles. The van der Waals surface area contributed by atoms with Gasteiger partial charge >= 0.3 is 0 Å². The standard InChI is InChI=1S/C15H18ClIO/c1-15(2)5-3-10-13(11(16)8-15)12(17)7-9-4-6-18-14(9)10/h7,11H,3-6,8H2,1-2H3. The number of benzene rings is 1. The molecule has 3 rings (SSSR count). The van der Waals surface area contributed by atoms with Gasteiger partial charge in [-0.05, 0) is 64.5 Å². The molecule has 0 saturated carbocycles. The molecule has 0 radical (unpaired) electrons. The van der Waals surface area contributed by atoms with Gasteiger partial charge in [-0.2, -0.15) is 0 Å². The van der Waals surface area contributed by atoms with Crippen molar-refractivity contribution < 1.29 is 4.74 Å². The monoisotopic (exact) mass is 376 g/mol. The molecule has 2 aliphatic rings. The number of fused-ring (bicyclic) bond motifs is 3. The van der Waals surface area contributed by atoms with Crippen molar-refractivity contribution in [3.8, 4) is 5.75 Å². The van der Waals surface area contributed by atoms with Gasteiger partial charge in [-0.15, -0.1) is 11.6 Å². The number of ether oxygens (including phenoxy) is 1. The van der Waals surface area contributed by atoms with Crippen molar-refractivity contribution in [1.82, 2.24) is 0 Å². The Bertz CT molecular complexity index is 496. The van der Waals surface area contributed by atoms with Crippen LogP contribution in [-0.4, -0.2) is 6.61 Å². The normalized spacial score (nSPS) is 25.0. The van der Waals surface area contributed by atoms with Crippen molar-refractivity contribution in [2.75, 3.05) is 6.61 Å². The second-order valence-corrected chi connectivity index (χ2v) is 7.86. The van der Waals surface area contributed by atoms with E-state index in [1.807, 2.05) is 0 Å². The van der Waals surface area contributed by atoms with Gasteiger partial charge in [-0.25, -0.2) is 0 Å². The highest BCUT2D eigenvalue weighted by atomic mass is 127. The molecule has 98 valence electrons. The molecule has 0 amide bonds. The van der Waals surface area contributed by atoms with Crippen molar-refractivity contribution in [2.45, 2.75) is 44.9 Å². The minimum Gasteiger partial charge on any atom is -0.493 e. The first-order valence-electron chi connectivity index (χ1n) is 6.59. The van der Waals surface area contributed by atoms with Crippen LogP contribution in [0.3, 0.4) is 0 Å². The fraction of sp³-hybridized carbons (Fsp3) is 0.600. The van der Waals surface area contributed by atoms with E-state index in [9.17, 15) is 0 Å². The maximum absolute atomic E-state index is 6.68. The summed E-state index contributed by atoms with van der Waals surface area (Å²) in [5.41, 5.74) is 4.42. The summed E-state index contributed by atoms with van der Waals surface area (Å²) in [6.45, 7) is 5.47. The van der Waals surface area contributed by atoms with E-state index in [-0.39, 0.29) is 5.38 Å². The van der Waals surface area contributed by atoms with Gasteiger partial charge in [-0.3, -0.25) is 0 Å². The Morgan fingerprint density at radius 2 is 2.17 bits per heavy atom. The van der Waals surface area contributed by atoms with Gasteiger partial charge in [0.25, 0.3) is 0 Å². The van der Waals surface area contributed by atoms with Gasteiger partial charge in [-0.1, -0.05) is 13.8 Å². The molecule has 1 aliphatic carbocycles. The molecule has 1 aromatic rings. The molecule has 0 N–H and O–H groups in total. The molecule has 1 unspecified atom stereocenters. The summed E-state index contributed by atoms with van der Waals surface area (Å²) in [6.07, 6.45) is 4.40. The van der Waals surface area contributed by atoms with E-state index in [0.29, 0.717) is 5.41 Å². The molecule has 1 atom stereocenters. The lowest BCUT2D eigenvalue weighted by molar-refractivity contribution is 0.311. The zero-order valence-electron chi connectivity index (χ0n) is 10.9. The van der Waals surface area contributed by atoms with E-state index in [2.05, 4.69) is 42.5 Å². The van der Waals surface area contributed by atoms with Gasteiger partial charge in [0.15, 0.2) is 0 Å². The minimum atomic E-state index is 0.124. The summed E-state index contributed by atoms with van der Waals surface area (Å²) in [6, 6.07) is 2.27. The maximum Gasteiger partial charge on any atom is 0.126 e. The molecule has 3 heteroatoms. The average Bonchev–Trinajstić information content (AvgIpc) is 2.67. The van der Waals surface area contributed by atoms with Crippen LogP contribution in [0, 0.1) is 8.99 Å². The largest absolute Gasteiger partial charge is 0.493 e. The molecule has 0 fully saturated rings. The number of rotatable bonds is 0. The third-order valence-corrected chi connectivity index (χ3v) is 5.43. The van der Waals surface area contributed by atoms with Gasteiger partial charge in [0.05, 0.1) is 12.0 Å². The Morgan fingerprint density at radius 3 is 2.94 bits per heavy atom. The van der Waals surface area contributed by atoms with E-state index >= 15 is 0 Å². The Kier molecular flexibility index (Phi) is 3.30. The SMILES string of the molecule is CC1(C)CCc2c3c(cc(I)c2C(Cl)C1)CCO3. The zero-order chi connectivity index (χ0) is 12.9. The number of halogens is 2. The summed E-state index contributed by atoms with van der Waals surface area (Å²) in [4.78, 5) is 0. The number of hydrogen-bond acceptors (Lipinski definition) is 1. The lowest BCUT2D eigenvalue weighted by Gasteiger charge is -2.23. The van der Waals surface area contributed by atoms with Crippen molar-refractivity contribution in [2.24, 2.45) is 5.41 Å². The fourth-order valence-corrected chi connectivity index (χ4v) is 5.05. The molecule has 0 saturated heterocycles. The number of alkyl halides is 1. The molecule has 1 nitrogen and oxygen atoms in total. The van der Waals surface area contributed by atoms with Crippen LogP contribution in [0.5, 0.6) is 5.75 Å². The van der Waals surface area contributed by atoms with E-state index < -0.39 is 0 Å². The van der Waals surface area contributed by atoms with Crippen LogP contribution in [0.15, 0.2) is 6.07 Å². The minimum absolute atomic E-state index is 0.124. The van der Waals surface area contributed by atoms with E-state index in [1.165, 1.54) is 26.7 Å². The average molecular weight is 377 g/mol. The molecule has 0 bridgehead atoms. The van der Waals surface area contributed by atoms with E-state index in [1.54, 1.807) is 0 Å². The first-order chi connectivity index (χ1) is 8.48. The molecular weight excluding hydrogens is 359 g/mol. The summed E-state index contributed by atoms with van der Waals surface area (Å²) >= 11 is 9.12. The Hall–Kier alpha value is 0.0400. The third kappa shape index (κ3) is 2.15. The van der Waals surface area contributed by atoms with Crippen LogP contribution in [0.2, 0.25) is 0 Å². The molecule has 1 aliphatic heterocycles. The second kappa shape index (κ2) is 4.55. The van der Waals surface area contributed by atoms with Crippen LogP contribution >= 0.6 is 34.2 Å². The topological polar surface area (TPSA) is 9.23 Å². The molecule has 18 heavy (non-hydrogen) atoms. The van der Waals surface area contributed by atoms with Gasteiger partial charge in [0.2, 0.25) is 0 Å². The molecule has 0 spiro atoms. The number of hydrogen-bond donors (Lipinski definition) is 0. The maximum atomic E-state index is 6.68. The first-order valence-corrected chi connectivity index (χ1v) is 8.10. The van der Waals surface area contributed by atoms with E-state index in [4.69, 9.17) is 16.3 Å². The lowest BCUT2D eigenvalue weighted by Crippen LogP contribution is -2.11. The lowest BCUT2D eigenvalue weighted by atomic mass is 9.84. The van der Waals surface area contributed by atoms with Crippen molar-refractivity contribution in [3.05, 3.63) is 26.3 Å². The second-order valence-electron chi connectivity index (χ2n) is 6.17. The predicted molar refractivity (Wildman–Crippen MR) is 83.7 cm³/mol. The molecule has 0 aromatic heterocycles. The highest BCUT2D eigenvalue weighted by Crippen LogP contribution is 2.48. The van der Waals surface area contributed by atoms with Crippen LogP contribution in [0.4, 0.5) is 0 Å². The summed E-state index contributed by atoms with van der Waals surface area (Å²) in [7, 11) is 0. The van der Waals surface area contributed by atoms with Gasteiger partial charge in [0, 0.05) is 15.6 Å². The van der Waals surface area contributed by atoms with Crippen LogP contribution < -0.4 is 4.74 Å². The van der Waals surface area contributed by atoms with Crippen LogP contribution in [-0.2, 0) is 12.8 Å².